The topological polar surface area (TPSA) is 29.5 Å². The standard InChI is InChI=1S/C9H11BrO2/c1-5-4-7(11)9(12-3)6(2)8(5)10/h4,11H,1-3H3. The van der Waals surface area contributed by atoms with E-state index in [0.29, 0.717) is 5.75 Å². The smallest absolute Gasteiger partial charge is 0.164 e. The van der Waals surface area contributed by atoms with Gasteiger partial charge in [0.1, 0.15) is 0 Å². The van der Waals surface area contributed by atoms with Crippen LogP contribution in [0.4, 0.5) is 0 Å². The first-order chi connectivity index (χ1) is 5.57. The Morgan fingerprint density at radius 1 is 1.42 bits per heavy atom. The first-order valence-corrected chi connectivity index (χ1v) is 4.40. The van der Waals surface area contributed by atoms with E-state index in [-0.39, 0.29) is 5.75 Å². The fourth-order valence-electron chi connectivity index (χ4n) is 1.18. The molecule has 0 radical (unpaired) electrons. The zero-order valence-corrected chi connectivity index (χ0v) is 8.90. The van der Waals surface area contributed by atoms with Crippen LogP contribution in [0.3, 0.4) is 0 Å². The number of aryl methyl sites for hydroxylation is 1. The molecule has 3 heteroatoms. The molecule has 0 amide bonds. The maximum absolute atomic E-state index is 9.45. The zero-order chi connectivity index (χ0) is 9.30. The third-order valence-corrected chi connectivity index (χ3v) is 3.03. The molecule has 0 heterocycles. The van der Waals surface area contributed by atoms with Crippen LogP contribution in [0.1, 0.15) is 11.1 Å². The molecule has 0 aliphatic rings. The molecule has 0 aromatic heterocycles. The van der Waals surface area contributed by atoms with Crippen LogP contribution < -0.4 is 4.74 Å². The van der Waals surface area contributed by atoms with E-state index in [9.17, 15) is 5.11 Å². The van der Waals surface area contributed by atoms with Gasteiger partial charge in [-0.2, -0.15) is 0 Å². The second-order valence-corrected chi connectivity index (χ2v) is 3.48. The minimum Gasteiger partial charge on any atom is -0.504 e. The van der Waals surface area contributed by atoms with Gasteiger partial charge in [0.15, 0.2) is 11.5 Å². The van der Waals surface area contributed by atoms with Crippen LogP contribution in [0.5, 0.6) is 11.5 Å². The Balaban J connectivity index is 3.40. The summed E-state index contributed by atoms with van der Waals surface area (Å²) in [6.45, 7) is 3.83. The van der Waals surface area contributed by atoms with Crippen molar-refractivity contribution in [2.75, 3.05) is 7.11 Å². The highest BCUT2D eigenvalue weighted by Gasteiger charge is 2.10. The molecule has 0 bridgehead atoms. The molecule has 66 valence electrons. The lowest BCUT2D eigenvalue weighted by atomic mass is 10.1. The van der Waals surface area contributed by atoms with Crippen molar-refractivity contribution in [3.8, 4) is 11.5 Å². The summed E-state index contributed by atoms with van der Waals surface area (Å²) in [4.78, 5) is 0. The minimum atomic E-state index is 0.190. The number of aromatic hydroxyl groups is 1. The highest BCUT2D eigenvalue weighted by atomic mass is 79.9. The van der Waals surface area contributed by atoms with Crippen LogP contribution in [0.15, 0.2) is 10.5 Å². The van der Waals surface area contributed by atoms with E-state index >= 15 is 0 Å². The zero-order valence-electron chi connectivity index (χ0n) is 7.31. The third-order valence-electron chi connectivity index (χ3n) is 1.81. The summed E-state index contributed by atoms with van der Waals surface area (Å²) in [5.74, 6) is 0.725. The van der Waals surface area contributed by atoms with Crippen molar-refractivity contribution < 1.29 is 9.84 Å². The number of phenolic OH excluding ortho intramolecular Hbond substituents is 1. The second kappa shape index (κ2) is 3.35. The highest BCUT2D eigenvalue weighted by molar-refractivity contribution is 9.10. The van der Waals surface area contributed by atoms with Crippen molar-refractivity contribution in [3.05, 3.63) is 21.7 Å². The number of halogens is 1. The summed E-state index contributed by atoms with van der Waals surface area (Å²) in [5.41, 5.74) is 1.93. The quantitative estimate of drug-likeness (QED) is 0.805. The van der Waals surface area contributed by atoms with Crippen LogP contribution in [-0.4, -0.2) is 12.2 Å². The lowest BCUT2D eigenvalue weighted by molar-refractivity contribution is 0.370. The predicted molar refractivity (Wildman–Crippen MR) is 51.8 cm³/mol. The Hall–Kier alpha value is -0.700. The summed E-state index contributed by atoms with van der Waals surface area (Å²) in [7, 11) is 1.55. The summed E-state index contributed by atoms with van der Waals surface area (Å²) in [6, 6.07) is 1.68. The van der Waals surface area contributed by atoms with Crippen molar-refractivity contribution in [1.82, 2.24) is 0 Å². The van der Waals surface area contributed by atoms with Crippen molar-refractivity contribution in [1.29, 1.82) is 0 Å². The van der Waals surface area contributed by atoms with Crippen LogP contribution in [0.25, 0.3) is 0 Å². The number of rotatable bonds is 1. The van der Waals surface area contributed by atoms with Gasteiger partial charge in [-0.25, -0.2) is 0 Å². The summed E-state index contributed by atoms with van der Waals surface area (Å²) in [6.07, 6.45) is 0. The predicted octanol–water partition coefficient (Wildman–Crippen LogP) is 2.78. The molecule has 0 spiro atoms. The van der Waals surface area contributed by atoms with Crippen LogP contribution in [0, 0.1) is 13.8 Å². The average molecular weight is 231 g/mol. The summed E-state index contributed by atoms with van der Waals surface area (Å²) in [5, 5.41) is 9.45. The fourth-order valence-corrected chi connectivity index (χ4v) is 1.47. The minimum absolute atomic E-state index is 0.190. The third kappa shape index (κ3) is 1.41. The van der Waals surface area contributed by atoms with Gasteiger partial charge in [0.25, 0.3) is 0 Å². The second-order valence-electron chi connectivity index (χ2n) is 2.68. The van der Waals surface area contributed by atoms with Gasteiger partial charge in [0, 0.05) is 10.0 Å². The largest absolute Gasteiger partial charge is 0.504 e. The molecule has 1 aromatic rings. The monoisotopic (exact) mass is 230 g/mol. The van der Waals surface area contributed by atoms with E-state index in [1.807, 2.05) is 13.8 Å². The van der Waals surface area contributed by atoms with Crippen molar-refractivity contribution in [2.24, 2.45) is 0 Å². The van der Waals surface area contributed by atoms with Gasteiger partial charge in [-0.05, 0) is 25.5 Å². The van der Waals surface area contributed by atoms with Gasteiger partial charge in [-0.1, -0.05) is 15.9 Å². The molecule has 0 saturated heterocycles. The van der Waals surface area contributed by atoms with Gasteiger partial charge in [0.2, 0.25) is 0 Å². The summed E-state index contributed by atoms with van der Waals surface area (Å²) < 4.78 is 6.02. The Morgan fingerprint density at radius 2 is 2.00 bits per heavy atom. The number of hydrogen-bond acceptors (Lipinski definition) is 2. The van der Waals surface area contributed by atoms with E-state index < -0.39 is 0 Å². The van der Waals surface area contributed by atoms with Gasteiger partial charge >= 0.3 is 0 Å². The fraction of sp³-hybridized carbons (Fsp3) is 0.333. The molecule has 2 nitrogen and oxygen atoms in total. The molecule has 0 unspecified atom stereocenters. The normalized spacial score (nSPS) is 10.0. The van der Waals surface area contributed by atoms with Gasteiger partial charge in [-0.3, -0.25) is 0 Å². The van der Waals surface area contributed by atoms with Gasteiger partial charge in [-0.15, -0.1) is 0 Å². The lowest BCUT2D eigenvalue weighted by Gasteiger charge is -2.10. The highest BCUT2D eigenvalue weighted by Crippen LogP contribution is 2.36. The van der Waals surface area contributed by atoms with Crippen LogP contribution in [-0.2, 0) is 0 Å². The van der Waals surface area contributed by atoms with Gasteiger partial charge in [0.05, 0.1) is 7.11 Å². The molecule has 0 atom stereocenters. The molecule has 1 N–H and O–H groups in total. The molecule has 12 heavy (non-hydrogen) atoms. The van der Waals surface area contributed by atoms with E-state index in [4.69, 9.17) is 4.74 Å². The van der Waals surface area contributed by atoms with Crippen LogP contribution >= 0.6 is 15.9 Å². The average Bonchev–Trinajstić information content (AvgIpc) is 2.01. The van der Waals surface area contributed by atoms with Gasteiger partial charge < -0.3 is 9.84 Å². The SMILES string of the molecule is COc1c(O)cc(C)c(Br)c1C. The molecule has 0 saturated carbocycles. The number of methoxy groups -OCH3 is 1. The van der Waals surface area contributed by atoms with Crippen molar-refractivity contribution in [3.63, 3.8) is 0 Å². The number of benzene rings is 1. The molecule has 0 aliphatic heterocycles. The Morgan fingerprint density at radius 3 is 2.50 bits per heavy atom. The van der Waals surface area contributed by atoms with Crippen molar-refractivity contribution in [2.45, 2.75) is 13.8 Å². The van der Waals surface area contributed by atoms with E-state index in [0.717, 1.165) is 15.6 Å². The maximum Gasteiger partial charge on any atom is 0.164 e. The Labute approximate surface area is 80.3 Å². The first-order valence-electron chi connectivity index (χ1n) is 3.60. The molecular weight excluding hydrogens is 220 g/mol. The first kappa shape index (κ1) is 9.39. The summed E-state index contributed by atoms with van der Waals surface area (Å²) >= 11 is 3.41. The lowest BCUT2D eigenvalue weighted by Crippen LogP contribution is -1.90. The Bertz CT molecular complexity index is 308. The maximum atomic E-state index is 9.45. The van der Waals surface area contributed by atoms with Crippen molar-refractivity contribution >= 4 is 15.9 Å². The Kier molecular flexibility index (Phi) is 2.62. The number of hydrogen-bond donors (Lipinski definition) is 1. The molecule has 0 fully saturated rings. The molecule has 1 rings (SSSR count). The molecule has 1 aromatic carbocycles. The van der Waals surface area contributed by atoms with E-state index in [1.165, 1.54) is 0 Å². The molecule has 0 aliphatic carbocycles. The molecular formula is C9H11BrO2. The van der Waals surface area contributed by atoms with E-state index in [1.54, 1.807) is 13.2 Å². The number of phenols is 1. The number of ether oxygens (including phenoxy) is 1. The van der Waals surface area contributed by atoms with E-state index in [2.05, 4.69) is 15.9 Å². The van der Waals surface area contributed by atoms with Crippen LogP contribution in [0.2, 0.25) is 0 Å².